The monoisotopic (exact) mass is 391 g/mol. The fraction of sp³-hybridized carbons (Fsp3) is 0.474. The molecule has 1 atom stereocenters. The van der Waals surface area contributed by atoms with Crippen LogP contribution in [-0.2, 0) is 25.7 Å². The summed E-state index contributed by atoms with van der Waals surface area (Å²) in [6, 6.07) is 5.00. The van der Waals surface area contributed by atoms with Gasteiger partial charge in [0.2, 0.25) is 0 Å². The highest BCUT2D eigenvalue weighted by molar-refractivity contribution is 6.08. The summed E-state index contributed by atoms with van der Waals surface area (Å²) >= 11 is 0. The van der Waals surface area contributed by atoms with Crippen LogP contribution in [0.15, 0.2) is 24.3 Å². The number of rotatable bonds is 6. The molecule has 1 spiro atoms. The smallest absolute Gasteiger partial charge is 0.327 e. The van der Waals surface area contributed by atoms with Crippen LogP contribution in [0.1, 0.15) is 38.2 Å². The standard InChI is InChI=1S/C19H22FN3O5/c1-12(16(25)21-10-13-4-6-14(20)7-5-13)28-15(24)11-23-17(26)19(22-18(23)27)8-2-3-9-19/h4-7,12H,2-3,8-11H2,1H3,(H,21,25)(H,22,27)/t12-/m0/s1. The van der Waals surface area contributed by atoms with Gasteiger partial charge in [-0.15, -0.1) is 0 Å². The molecule has 8 nitrogen and oxygen atoms in total. The number of carbonyl (C=O) groups excluding carboxylic acids is 4. The van der Waals surface area contributed by atoms with E-state index in [-0.39, 0.29) is 12.4 Å². The Kier molecular flexibility index (Phi) is 5.62. The van der Waals surface area contributed by atoms with Crippen molar-refractivity contribution < 1.29 is 28.3 Å². The van der Waals surface area contributed by atoms with Gasteiger partial charge in [0.15, 0.2) is 6.10 Å². The zero-order chi connectivity index (χ0) is 20.3. The van der Waals surface area contributed by atoms with Crippen molar-refractivity contribution in [2.24, 2.45) is 0 Å². The molecular weight excluding hydrogens is 369 g/mol. The lowest BCUT2D eigenvalue weighted by atomic mass is 9.98. The van der Waals surface area contributed by atoms with Gasteiger partial charge in [-0.1, -0.05) is 25.0 Å². The number of halogens is 1. The number of carbonyl (C=O) groups is 4. The van der Waals surface area contributed by atoms with Gasteiger partial charge in [-0.3, -0.25) is 19.3 Å². The van der Waals surface area contributed by atoms with Crippen molar-refractivity contribution in [1.82, 2.24) is 15.5 Å². The molecule has 1 saturated heterocycles. The minimum Gasteiger partial charge on any atom is -0.451 e. The first-order valence-corrected chi connectivity index (χ1v) is 9.16. The first kappa shape index (κ1) is 19.8. The van der Waals surface area contributed by atoms with Crippen molar-refractivity contribution in [2.75, 3.05) is 6.54 Å². The highest BCUT2D eigenvalue weighted by atomic mass is 19.1. The number of amides is 4. The lowest BCUT2D eigenvalue weighted by molar-refractivity contribution is -0.156. The Morgan fingerprint density at radius 2 is 1.89 bits per heavy atom. The molecule has 28 heavy (non-hydrogen) atoms. The Bertz CT molecular complexity index is 789. The van der Waals surface area contributed by atoms with Crippen molar-refractivity contribution in [2.45, 2.75) is 50.8 Å². The van der Waals surface area contributed by atoms with Crippen molar-refractivity contribution in [1.29, 1.82) is 0 Å². The second-order valence-electron chi connectivity index (χ2n) is 7.09. The SMILES string of the molecule is C[C@H](OC(=O)CN1C(=O)NC2(CCCC2)C1=O)C(=O)NCc1ccc(F)cc1. The van der Waals surface area contributed by atoms with E-state index in [1.807, 2.05) is 0 Å². The number of hydrogen-bond acceptors (Lipinski definition) is 5. The van der Waals surface area contributed by atoms with Gasteiger partial charge in [-0.25, -0.2) is 9.18 Å². The Morgan fingerprint density at radius 1 is 1.25 bits per heavy atom. The van der Waals surface area contributed by atoms with Crippen LogP contribution in [0.5, 0.6) is 0 Å². The average molecular weight is 391 g/mol. The predicted octanol–water partition coefficient (Wildman–Crippen LogP) is 1.24. The summed E-state index contributed by atoms with van der Waals surface area (Å²) in [5.41, 5.74) is -0.204. The highest BCUT2D eigenvalue weighted by Crippen LogP contribution is 2.34. The van der Waals surface area contributed by atoms with Gasteiger partial charge in [0.1, 0.15) is 17.9 Å². The molecule has 3 rings (SSSR count). The molecule has 2 N–H and O–H groups in total. The molecule has 0 aromatic heterocycles. The van der Waals surface area contributed by atoms with Gasteiger partial charge in [0.25, 0.3) is 11.8 Å². The summed E-state index contributed by atoms with van der Waals surface area (Å²) < 4.78 is 17.9. The van der Waals surface area contributed by atoms with Crippen molar-refractivity contribution in [3.8, 4) is 0 Å². The topological polar surface area (TPSA) is 105 Å². The van der Waals surface area contributed by atoms with E-state index in [1.165, 1.54) is 31.2 Å². The van der Waals surface area contributed by atoms with Crippen LogP contribution in [0.4, 0.5) is 9.18 Å². The first-order valence-electron chi connectivity index (χ1n) is 9.16. The van der Waals surface area contributed by atoms with Crippen molar-refractivity contribution in [3.63, 3.8) is 0 Å². The lowest BCUT2D eigenvalue weighted by Crippen LogP contribution is -2.45. The van der Waals surface area contributed by atoms with E-state index in [2.05, 4.69) is 10.6 Å². The Labute approximate surface area is 161 Å². The van der Waals surface area contributed by atoms with Crippen LogP contribution in [0, 0.1) is 5.82 Å². The van der Waals surface area contributed by atoms with Gasteiger partial charge in [-0.2, -0.15) is 0 Å². The number of ether oxygens (including phenoxy) is 1. The zero-order valence-corrected chi connectivity index (χ0v) is 15.5. The Morgan fingerprint density at radius 3 is 2.54 bits per heavy atom. The predicted molar refractivity (Wildman–Crippen MR) is 95.2 cm³/mol. The van der Waals surface area contributed by atoms with Crippen LogP contribution in [0.3, 0.4) is 0 Å². The third-order valence-electron chi connectivity index (χ3n) is 5.05. The molecule has 1 heterocycles. The van der Waals surface area contributed by atoms with Gasteiger partial charge < -0.3 is 15.4 Å². The summed E-state index contributed by atoms with van der Waals surface area (Å²) in [7, 11) is 0. The summed E-state index contributed by atoms with van der Waals surface area (Å²) in [6.07, 6.45) is 1.70. The van der Waals surface area contributed by atoms with Gasteiger partial charge in [0, 0.05) is 6.54 Å². The van der Waals surface area contributed by atoms with Gasteiger partial charge in [-0.05, 0) is 37.5 Å². The lowest BCUT2D eigenvalue weighted by Gasteiger charge is -2.20. The van der Waals surface area contributed by atoms with E-state index in [9.17, 15) is 23.6 Å². The summed E-state index contributed by atoms with van der Waals surface area (Å²) in [5.74, 6) is -2.18. The van der Waals surface area contributed by atoms with Crippen LogP contribution < -0.4 is 10.6 Å². The number of imide groups is 1. The van der Waals surface area contributed by atoms with Crippen molar-refractivity contribution >= 4 is 23.8 Å². The minimum atomic E-state index is -1.10. The fourth-order valence-electron chi connectivity index (χ4n) is 3.49. The van der Waals surface area contributed by atoms with E-state index in [0.717, 1.165) is 17.7 Å². The summed E-state index contributed by atoms with van der Waals surface area (Å²) in [5, 5.41) is 5.25. The maximum absolute atomic E-state index is 12.9. The van der Waals surface area contributed by atoms with E-state index >= 15 is 0 Å². The molecule has 2 fully saturated rings. The number of esters is 1. The molecule has 0 unspecified atom stereocenters. The van der Waals surface area contributed by atoms with Crippen LogP contribution in [0.25, 0.3) is 0 Å². The molecule has 1 aromatic carbocycles. The normalized spacial score (nSPS) is 18.9. The van der Waals surface area contributed by atoms with E-state index < -0.39 is 42.0 Å². The maximum Gasteiger partial charge on any atom is 0.327 e. The van der Waals surface area contributed by atoms with Crippen molar-refractivity contribution in [3.05, 3.63) is 35.6 Å². The van der Waals surface area contributed by atoms with Gasteiger partial charge in [0.05, 0.1) is 0 Å². The highest BCUT2D eigenvalue weighted by Gasteiger charge is 2.52. The first-order chi connectivity index (χ1) is 13.3. The summed E-state index contributed by atoms with van der Waals surface area (Å²) in [6.45, 7) is 1.00. The molecule has 1 aromatic rings. The van der Waals surface area contributed by atoms with E-state index in [1.54, 1.807) is 0 Å². The largest absolute Gasteiger partial charge is 0.451 e. The third kappa shape index (κ3) is 4.13. The van der Waals surface area contributed by atoms with Gasteiger partial charge >= 0.3 is 12.0 Å². The van der Waals surface area contributed by atoms with Crippen LogP contribution in [-0.4, -0.2) is 46.9 Å². The number of nitrogens with one attached hydrogen (secondary N) is 2. The maximum atomic E-state index is 12.9. The van der Waals surface area contributed by atoms with Crippen LogP contribution in [0.2, 0.25) is 0 Å². The molecule has 0 radical (unpaired) electrons. The Balaban J connectivity index is 1.48. The second kappa shape index (κ2) is 7.95. The molecule has 2 aliphatic rings. The molecule has 1 aliphatic carbocycles. The Hall–Kier alpha value is -2.97. The molecule has 9 heteroatoms. The van der Waals surface area contributed by atoms with E-state index in [0.29, 0.717) is 18.4 Å². The molecule has 0 bridgehead atoms. The molecule has 150 valence electrons. The van der Waals surface area contributed by atoms with Crippen LogP contribution >= 0.6 is 0 Å². The number of benzene rings is 1. The fourth-order valence-corrected chi connectivity index (χ4v) is 3.49. The number of urea groups is 1. The molecular formula is C19H22FN3O5. The number of nitrogens with zero attached hydrogens (tertiary/aromatic N) is 1. The molecule has 4 amide bonds. The molecule has 1 saturated carbocycles. The molecule has 1 aliphatic heterocycles. The quantitative estimate of drug-likeness (QED) is 0.561. The summed E-state index contributed by atoms with van der Waals surface area (Å²) in [4.78, 5) is 49.6. The second-order valence-corrected chi connectivity index (χ2v) is 7.09. The minimum absolute atomic E-state index is 0.149. The zero-order valence-electron chi connectivity index (χ0n) is 15.5. The van der Waals surface area contributed by atoms with E-state index in [4.69, 9.17) is 4.74 Å². The third-order valence-corrected chi connectivity index (χ3v) is 5.05. The average Bonchev–Trinajstić information content (AvgIpc) is 3.22. The number of hydrogen-bond donors (Lipinski definition) is 2.